The van der Waals surface area contributed by atoms with Crippen molar-refractivity contribution in [2.45, 2.75) is 5.88 Å². The van der Waals surface area contributed by atoms with Crippen LogP contribution < -0.4 is 0 Å². The molecule has 0 bridgehead atoms. The van der Waals surface area contributed by atoms with Crippen molar-refractivity contribution in [2.75, 3.05) is 0 Å². The number of benzene rings is 2. The summed E-state index contributed by atoms with van der Waals surface area (Å²) in [6, 6.07) is 8.82. The van der Waals surface area contributed by atoms with Gasteiger partial charge in [0.25, 0.3) is 0 Å². The highest BCUT2D eigenvalue weighted by atomic mass is 35.5. The van der Waals surface area contributed by atoms with Crippen LogP contribution in [0.4, 0.5) is 0 Å². The maximum absolute atomic E-state index is 6.21. The van der Waals surface area contributed by atoms with Crippen LogP contribution >= 0.6 is 58.0 Å². The molecule has 0 atom stereocenters. The molecule has 0 aromatic heterocycles. The SMILES string of the molecule is ClCc1cccc(Cl)c1-c1cc(Cl)c(Cl)cc1Cl. The first-order valence-electron chi connectivity index (χ1n) is 5.03. The van der Waals surface area contributed by atoms with Gasteiger partial charge in [0.05, 0.1) is 15.1 Å². The molecule has 2 aromatic rings. The number of halogens is 5. The minimum Gasteiger partial charge on any atom is -0.122 e. The summed E-state index contributed by atoms with van der Waals surface area (Å²) in [7, 11) is 0. The molecule has 0 saturated carbocycles. The fourth-order valence-electron chi connectivity index (χ4n) is 1.70. The summed E-state index contributed by atoms with van der Waals surface area (Å²) in [6.45, 7) is 0. The first-order chi connectivity index (χ1) is 8.54. The van der Waals surface area contributed by atoms with Gasteiger partial charge >= 0.3 is 0 Å². The van der Waals surface area contributed by atoms with Crippen LogP contribution in [-0.4, -0.2) is 0 Å². The number of hydrogen-bond donors (Lipinski definition) is 0. The van der Waals surface area contributed by atoms with E-state index in [-0.39, 0.29) is 0 Å². The van der Waals surface area contributed by atoms with Gasteiger partial charge in [0.2, 0.25) is 0 Å². The highest BCUT2D eigenvalue weighted by molar-refractivity contribution is 6.44. The number of alkyl halides is 1. The van der Waals surface area contributed by atoms with E-state index in [1.54, 1.807) is 18.2 Å². The topological polar surface area (TPSA) is 0 Å². The van der Waals surface area contributed by atoms with Crippen molar-refractivity contribution in [1.82, 2.24) is 0 Å². The van der Waals surface area contributed by atoms with Gasteiger partial charge in [0.15, 0.2) is 0 Å². The molecule has 0 unspecified atom stereocenters. The summed E-state index contributed by atoms with van der Waals surface area (Å²) in [5.74, 6) is 0.340. The molecule has 0 aliphatic rings. The lowest BCUT2D eigenvalue weighted by Crippen LogP contribution is -1.89. The van der Waals surface area contributed by atoms with Crippen LogP contribution in [-0.2, 0) is 5.88 Å². The van der Waals surface area contributed by atoms with E-state index in [1.165, 1.54) is 0 Å². The van der Waals surface area contributed by atoms with Gasteiger partial charge in [-0.1, -0.05) is 58.5 Å². The first-order valence-corrected chi connectivity index (χ1v) is 7.07. The van der Waals surface area contributed by atoms with Crippen molar-refractivity contribution in [2.24, 2.45) is 0 Å². The standard InChI is InChI=1S/C13H7Cl5/c14-6-7-2-1-3-9(15)13(7)8-4-11(17)12(18)5-10(8)16/h1-5H,6H2. The minimum atomic E-state index is 0.340. The Kier molecular flexibility index (Phi) is 4.69. The molecule has 2 aromatic carbocycles. The lowest BCUT2D eigenvalue weighted by Gasteiger charge is -2.12. The molecule has 0 spiro atoms. The smallest absolute Gasteiger partial charge is 0.0607 e. The van der Waals surface area contributed by atoms with Gasteiger partial charge in [0.1, 0.15) is 0 Å². The highest BCUT2D eigenvalue weighted by Crippen LogP contribution is 2.40. The highest BCUT2D eigenvalue weighted by Gasteiger charge is 2.14. The minimum absolute atomic E-state index is 0.340. The van der Waals surface area contributed by atoms with E-state index in [2.05, 4.69) is 0 Å². The fourth-order valence-corrected chi connectivity index (χ4v) is 2.86. The van der Waals surface area contributed by atoms with E-state index in [0.717, 1.165) is 16.7 Å². The molecular formula is C13H7Cl5. The Morgan fingerprint density at radius 2 is 1.44 bits per heavy atom. The maximum atomic E-state index is 6.21. The molecule has 5 heteroatoms. The van der Waals surface area contributed by atoms with E-state index >= 15 is 0 Å². The lowest BCUT2D eigenvalue weighted by molar-refractivity contribution is 1.40. The molecule has 0 fully saturated rings. The average Bonchev–Trinajstić information content (AvgIpc) is 2.34. The Balaban J connectivity index is 2.73. The predicted molar refractivity (Wildman–Crippen MR) is 81.5 cm³/mol. The van der Waals surface area contributed by atoms with Crippen molar-refractivity contribution >= 4 is 58.0 Å². The van der Waals surface area contributed by atoms with Crippen molar-refractivity contribution < 1.29 is 0 Å². The molecule has 0 aliphatic heterocycles. The number of rotatable bonds is 2. The van der Waals surface area contributed by atoms with E-state index in [1.807, 2.05) is 12.1 Å². The second-order valence-electron chi connectivity index (χ2n) is 3.65. The second kappa shape index (κ2) is 5.90. The van der Waals surface area contributed by atoms with E-state index in [0.29, 0.717) is 26.0 Å². The summed E-state index contributed by atoms with van der Waals surface area (Å²) < 4.78 is 0. The molecule has 2 rings (SSSR count). The molecule has 0 saturated heterocycles. The largest absolute Gasteiger partial charge is 0.122 e. The van der Waals surface area contributed by atoms with Gasteiger partial charge in [-0.2, -0.15) is 0 Å². The lowest BCUT2D eigenvalue weighted by atomic mass is 10.0. The Hall–Kier alpha value is -0.110. The Morgan fingerprint density at radius 1 is 0.778 bits per heavy atom. The summed E-state index contributed by atoms with van der Waals surface area (Å²) in [5, 5.41) is 1.90. The van der Waals surface area contributed by atoms with Gasteiger partial charge in [-0.15, -0.1) is 11.6 Å². The molecule has 94 valence electrons. The third kappa shape index (κ3) is 2.74. The molecule has 0 heterocycles. The van der Waals surface area contributed by atoms with E-state index in [9.17, 15) is 0 Å². The molecule has 18 heavy (non-hydrogen) atoms. The third-order valence-electron chi connectivity index (χ3n) is 2.52. The van der Waals surface area contributed by atoms with Gasteiger partial charge < -0.3 is 0 Å². The Labute approximate surface area is 130 Å². The van der Waals surface area contributed by atoms with Crippen LogP contribution in [0.15, 0.2) is 30.3 Å². The van der Waals surface area contributed by atoms with Crippen molar-refractivity contribution in [3.05, 3.63) is 56.0 Å². The molecule has 0 aliphatic carbocycles. The summed E-state index contributed by atoms with van der Waals surface area (Å²) in [4.78, 5) is 0. The Bertz CT molecular complexity index is 592. The molecule has 0 radical (unpaired) electrons. The number of hydrogen-bond acceptors (Lipinski definition) is 0. The van der Waals surface area contributed by atoms with Crippen LogP contribution in [0.3, 0.4) is 0 Å². The molecular weight excluding hydrogens is 333 g/mol. The Morgan fingerprint density at radius 3 is 2.11 bits per heavy atom. The van der Waals surface area contributed by atoms with Gasteiger partial charge in [0, 0.05) is 22.0 Å². The van der Waals surface area contributed by atoms with E-state index < -0.39 is 0 Å². The maximum Gasteiger partial charge on any atom is 0.0607 e. The zero-order valence-corrected chi connectivity index (χ0v) is 12.8. The summed E-state index contributed by atoms with van der Waals surface area (Å²) in [6.07, 6.45) is 0. The van der Waals surface area contributed by atoms with Crippen LogP contribution in [0.25, 0.3) is 11.1 Å². The molecule has 0 nitrogen and oxygen atoms in total. The van der Waals surface area contributed by atoms with Crippen LogP contribution in [0, 0.1) is 0 Å². The predicted octanol–water partition coefficient (Wildman–Crippen LogP) is 6.71. The van der Waals surface area contributed by atoms with Gasteiger partial charge in [-0.3, -0.25) is 0 Å². The summed E-state index contributed by atoms with van der Waals surface area (Å²) in [5.41, 5.74) is 2.41. The van der Waals surface area contributed by atoms with Crippen LogP contribution in [0.5, 0.6) is 0 Å². The van der Waals surface area contributed by atoms with Gasteiger partial charge in [-0.05, 0) is 23.8 Å². The normalized spacial score (nSPS) is 10.7. The third-order valence-corrected chi connectivity index (χ3v) is 4.16. The summed E-state index contributed by atoms with van der Waals surface area (Å²) >= 11 is 30.3. The van der Waals surface area contributed by atoms with Crippen LogP contribution in [0.1, 0.15) is 5.56 Å². The van der Waals surface area contributed by atoms with Crippen molar-refractivity contribution in [3.8, 4) is 11.1 Å². The van der Waals surface area contributed by atoms with Crippen molar-refractivity contribution in [3.63, 3.8) is 0 Å². The second-order valence-corrected chi connectivity index (χ2v) is 5.55. The van der Waals surface area contributed by atoms with Gasteiger partial charge in [-0.25, -0.2) is 0 Å². The zero-order valence-electron chi connectivity index (χ0n) is 8.98. The zero-order chi connectivity index (χ0) is 13.3. The van der Waals surface area contributed by atoms with E-state index in [4.69, 9.17) is 58.0 Å². The average molecular weight is 340 g/mol. The fraction of sp³-hybridized carbons (Fsp3) is 0.0769. The first kappa shape index (κ1) is 14.3. The molecule has 0 N–H and O–H groups in total. The molecule has 0 amide bonds. The monoisotopic (exact) mass is 338 g/mol. The van der Waals surface area contributed by atoms with Crippen molar-refractivity contribution in [1.29, 1.82) is 0 Å². The van der Waals surface area contributed by atoms with Crippen LogP contribution in [0.2, 0.25) is 20.1 Å². The quantitative estimate of drug-likeness (QED) is 0.421.